The van der Waals surface area contributed by atoms with E-state index in [0.717, 1.165) is 9.75 Å². The van der Waals surface area contributed by atoms with Crippen molar-refractivity contribution in [3.05, 3.63) is 45.7 Å². The summed E-state index contributed by atoms with van der Waals surface area (Å²) < 4.78 is 10.3. The monoisotopic (exact) mass is 328 g/mol. The molecule has 2 aromatic rings. The van der Waals surface area contributed by atoms with Crippen molar-refractivity contribution in [1.29, 1.82) is 5.26 Å². The van der Waals surface area contributed by atoms with Gasteiger partial charge in [0.2, 0.25) is 0 Å². The Hall–Kier alpha value is -2.78. The second-order valence-corrected chi connectivity index (χ2v) is 5.96. The smallest absolute Gasteiger partial charge is 0.266 e. The third-order valence-corrected chi connectivity index (χ3v) is 4.00. The molecule has 1 aromatic carbocycles. The van der Waals surface area contributed by atoms with Gasteiger partial charge in [0, 0.05) is 21.5 Å². The lowest BCUT2D eigenvalue weighted by atomic mass is 10.2. The van der Waals surface area contributed by atoms with Gasteiger partial charge in [0.25, 0.3) is 5.91 Å². The zero-order valence-corrected chi connectivity index (χ0v) is 13.9. The Kier molecular flexibility index (Phi) is 5.39. The van der Waals surface area contributed by atoms with Crippen molar-refractivity contribution in [2.75, 3.05) is 19.5 Å². The number of carbonyl (C=O) groups excluding carboxylic acids is 1. The van der Waals surface area contributed by atoms with Gasteiger partial charge in [-0.15, -0.1) is 11.3 Å². The van der Waals surface area contributed by atoms with Gasteiger partial charge in [0.15, 0.2) is 11.5 Å². The minimum Gasteiger partial charge on any atom is -0.493 e. The van der Waals surface area contributed by atoms with E-state index >= 15 is 0 Å². The SMILES string of the molecule is COc1ccc(NC(=O)C(C#N)=Cc2ccc(C)s2)cc1OC. The molecule has 118 valence electrons. The van der Waals surface area contributed by atoms with Crippen molar-refractivity contribution in [1.82, 2.24) is 0 Å². The number of thiophene rings is 1. The van der Waals surface area contributed by atoms with Crippen molar-refractivity contribution >= 4 is 29.0 Å². The predicted octanol–water partition coefficient (Wildman–Crippen LogP) is 3.62. The van der Waals surface area contributed by atoms with Crippen LogP contribution in [0.2, 0.25) is 0 Å². The lowest BCUT2D eigenvalue weighted by Crippen LogP contribution is -2.13. The first-order chi connectivity index (χ1) is 11.1. The zero-order valence-electron chi connectivity index (χ0n) is 13.0. The van der Waals surface area contributed by atoms with Crippen LogP contribution in [0.3, 0.4) is 0 Å². The summed E-state index contributed by atoms with van der Waals surface area (Å²) >= 11 is 1.52. The molecular weight excluding hydrogens is 312 g/mol. The van der Waals surface area contributed by atoms with E-state index in [1.165, 1.54) is 25.6 Å². The molecule has 0 fully saturated rings. The van der Waals surface area contributed by atoms with Crippen LogP contribution in [0.15, 0.2) is 35.9 Å². The summed E-state index contributed by atoms with van der Waals surface area (Å²) in [6, 6.07) is 10.8. The second-order valence-electron chi connectivity index (χ2n) is 4.64. The zero-order chi connectivity index (χ0) is 16.8. The fourth-order valence-corrected chi connectivity index (χ4v) is 2.75. The number of nitriles is 1. The molecule has 1 amide bonds. The van der Waals surface area contributed by atoms with Crippen LogP contribution in [0.25, 0.3) is 6.08 Å². The van der Waals surface area contributed by atoms with Gasteiger partial charge in [-0.2, -0.15) is 5.26 Å². The van der Waals surface area contributed by atoms with Crippen molar-refractivity contribution in [2.24, 2.45) is 0 Å². The van der Waals surface area contributed by atoms with Crippen molar-refractivity contribution in [3.8, 4) is 17.6 Å². The Morgan fingerprint density at radius 1 is 1.22 bits per heavy atom. The van der Waals surface area contributed by atoms with Gasteiger partial charge in [-0.1, -0.05) is 0 Å². The number of ether oxygens (including phenoxy) is 2. The average molecular weight is 328 g/mol. The summed E-state index contributed by atoms with van der Waals surface area (Å²) in [6.07, 6.45) is 1.58. The fourth-order valence-electron chi connectivity index (χ4n) is 1.93. The van der Waals surface area contributed by atoms with E-state index in [4.69, 9.17) is 9.47 Å². The molecule has 0 bridgehead atoms. The first kappa shape index (κ1) is 16.6. The third-order valence-electron chi connectivity index (χ3n) is 3.05. The van der Waals surface area contributed by atoms with Crippen molar-refractivity contribution < 1.29 is 14.3 Å². The van der Waals surface area contributed by atoms with Crippen LogP contribution in [-0.4, -0.2) is 20.1 Å². The van der Waals surface area contributed by atoms with E-state index in [2.05, 4.69) is 5.32 Å². The molecule has 0 atom stereocenters. The second kappa shape index (κ2) is 7.47. The minimum absolute atomic E-state index is 0.0432. The topological polar surface area (TPSA) is 71.3 Å². The Bertz CT molecular complexity index is 787. The molecule has 0 unspecified atom stereocenters. The molecule has 1 N–H and O–H groups in total. The van der Waals surface area contributed by atoms with E-state index in [0.29, 0.717) is 17.2 Å². The summed E-state index contributed by atoms with van der Waals surface area (Å²) in [5, 5.41) is 11.9. The molecule has 0 aliphatic rings. The number of anilines is 1. The highest BCUT2D eigenvalue weighted by Gasteiger charge is 2.12. The molecule has 0 aliphatic heterocycles. The molecule has 0 saturated heterocycles. The number of hydrogen-bond donors (Lipinski definition) is 1. The quantitative estimate of drug-likeness (QED) is 0.672. The number of nitrogens with zero attached hydrogens (tertiary/aromatic N) is 1. The normalized spacial score (nSPS) is 10.8. The lowest BCUT2D eigenvalue weighted by molar-refractivity contribution is -0.112. The maximum atomic E-state index is 12.2. The van der Waals surface area contributed by atoms with Crippen LogP contribution < -0.4 is 14.8 Å². The summed E-state index contributed by atoms with van der Waals surface area (Å²) in [7, 11) is 3.05. The van der Waals surface area contributed by atoms with E-state index in [-0.39, 0.29) is 5.57 Å². The van der Waals surface area contributed by atoms with Gasteiger partial charge in [-0.3, -0.25) is 4.79 Å². The van der Waals surface area contributed by atoms with Gasteiger partial charge in [0.1, 0.15) is 11.6 Å². The molecule has 1 aromatic heterocycles. The maximum absolute atomic E-state index is 12.2. The van der Waals surface area contributed by atoms with Gasteiger partial charge in [0.05, 0.1) is 14.2 Å². The van der Waals surface area contributed by atoms with Crippen LogP contribution in [0.1, 0.15) is 9.75 Å². The lowest BCUT2D eigenvalue weighted by Gasteiger charge is -2.10. The summed E-state index contributed by atoms with van der Waals surface area (Å²) in [5.41, 5.74) is 0.567. The highest BCUT2D eigenvalue weighted by Crippen LogP contribution is 2.30. The van der Waals surface area contributed by atoms with Gasteiger partial charge in [-0.25, -0.2) is 0 Å². The maximum Gasteiger partial charge on any atom is 0.266 e. The Morgan fingerprint density at radius 2 is 1.96 bits per heavy atom. The molecule has 0 radical (unpaired) electrons. The number of amides is 1. The van der Waals surface area contributed by atoms with E-state index in [1.807, 2.05) is 25.1 Å². The average Bonchev–Trinajstić information content (AvgIpc) is 2.97. The Balaban J connectivity index is 2.20. The van der Waals surface area contributed by atoms with Gasteiger partial charge < -0.3 is 14.8 Å². The minimum atomic E-state index is -0.467. The Labute approximate surface area is 138 Å². The van der Waals surface area contributed by atoms with Crippen LogP contribution in [0, 0.1) is 18.3 Å². The first-order valence-electron chi connectivity index (χ1n) is 6.79. The molecule has 2 rings (SSSR count). The molecule has 6 heteroatoms. The van der Waals surface area contributed by atoms with Crippen molar-refractivity contribution in [3.63, 3.8) is 0 Å². The number of aryl methyl sites for hydroxylation is 1. The number of carbonyl (C=O) groups is 1. The molecule has 23 heavy (non-hydrogen) atoms. The molecule has 0 spiro atoms. The van der Waals surface area contributed by atoms with Gasteiger partial charge >= 0.3 is 0 Å². The molecule has 1 heterocycles. The van der Waals surface area contributed by atoms with Crippen LogP contribution in [-0.2, 0) is 4.79 Å². The summed E-state index contributed by atoms with van der Waals surface area (Å²) in [4.78, 5) is 14.2. The van der Waals surface area contributed by atoms with Gasteiger partial charge in [-0.05, 0) is 37.3 Å². The number of benzene rings is 1. The molecule has 0 aliphatic carbocycles. The molecule has 5 nitrogen and oxygen atoms in total. The summed E-state index contributed by atoms with van der Waals surface area (Å²) in [6.45, 7) is 1.97. The number of rotatable bonds is 5. The molecular formula is C17H16N2O3S. The first-order valence-corrected chi connectivity index (χ1v) is 7.60. The van der Waals surface area contributed by atoms with E-state index in [1.54, 1.807) is 24.3 Å². The van der Waals surface area contributed by atoms with E-state index in [9.17, 15) is 10.1 Å². The van der Waals surface area contributed by atoms with Crippen LogP contribution >= 0.6 is 11.3 Å². The Morgan fingerprint density at radius 3 is 2.52 bits per heavy atom. The summed E-state index contributed by atoms with van der Waals surface area (Å²) in [5.74, 6) is 0.600. The molecule has 0 saturated carbocycles. The standard InChI is InChI=1S/C17H16N2O3S/c1-11-4-6-14(23-11)8-12(10-18)17(20)19-13-5-7-15(21-2)16(9-13)22-3/h4-9H,1-3H3,(H,19,20). The third kappa shape index (κ3) is 4.11. The van der Waals surface area contributed by atoms with Crippen LogP contribution in [0.5, 0.6) is 11.5 Å². The predicted molar refractivity (Wildman–Crippen MR) is 90.8 cm³/mol. The fraction of sp³-hybridized carbons (Fsp3) is 0.176. The number of nitrogens with one attached hydrogen (secondary N) is 1. The van der Waals surface area contributed by atoms with E-state index < -0.39 is 5.91 Å². The number of methoxy groups -OCH3 is 2. The van der Waals surface area contributed by atoms with Crippen molar-refractivity contribution in [2.45, 2.75) is 6.92 Å². The highest BCUT2D eigenvalue weighted by molar-refractivity contribution is 7.12. The van der Waals surface area contributed by atoms with Crippen LogP contribution in [0.4, 0.5) is 5.69 Å². The highest BCUT2D eigenvalue weighted by atomic mass is 32.1. The largest absolute Gasteiger partial charge is 0.493 e. The number of hydrogen-bond acceptors (Lipinski definition) is 5.